The maximum Gasteiger partial charge on any atom is 0.344 e. The van der Waals surface area contributed by atoms with Gasteiger partial charge in [0.1, 0.15) is 5.41 Å². The van der Waals surface area contributed by atoms with Crippen LogP contribution in [0.5, 0.6) is 0 Å². The lowest BCUT2D eigenvalue weighted by atomic mass is 9.47. The van der Waals surface area contributed by atoms with Crippen LogP contribution in [-0.4, -0.2) is 162 Å². The van der Waals surface area contributed by atoms with Crippen LogP contribution in [0.4, 0.5) is 0 Å². The van der Waals surface area contributed by atoms with Gasteiger partial charge in [-0.25, -0.2) is 4.79 Å². The minimum atomic E-state index is -2.30. The van der Waals surface area contributed by atoms with E-state index in [4.69, 9.17) is 18.9 Å². The molecule has 1 saturated carbocycles. The molecule has 1 spiro atoms. The maximum atomic E-state index is 15.5. The Kier molecular flexibility index (Phi) is 11.3. The van der Waals surface area contributed by atoms with Crippen LogP contribution in [0, 0.1) is 22.7 Å². The number of nitrogens with zero attached hydrogens (tertiary/aromatic N) is 3. The summed E-state index contributed by atoms with van der Waals surface area (Å²) in [5, 5.41) is 36.2. The molecule has 2 bridgehead atoms. The van der Waals surface area contributed by atoms with E-state index in [9.17, 15) is 24.9 Å². The van der Waals surface area contributed by atoms with E-state index in [1.807, 2.05) is 31.9 Å². The van der Waals surface area contributed by atoms with Crippen LogP contribution in [0.3, 0.4) is 0 Å². The third kappa shape index (κ3) is 6.22. The Labute approximate surface area is 374 Å². The van der Waals surface area contributed by atoms with Gasteiger partial charge in [-0.3, -0.25) is 19.4 Å². The maximum absolute atomic E-state index is 15.5. The van der Waals surface area contributed by atoms with Gasteiger partial charge in [-0.15, -0.1) is 11.8 Å². The minimum Gasteiger partial charge on any atom is -0.468 e. The number of aromatic nitrogens is 1. The van der Waals surface area contributed by atoms with Crippen LogP contribution in [0.1, 0.15) is 64.1 Å². The second kappa shape index (κ2) is 16.0. The van der Waals surface area contributed by atoms with Crippen molar-refractivity contribution < 1.29 is 48.7 Å². The van der Waals surface area contributed by atoms with Gasteiger partial charge in [0.05, 0.1) is 38.6 Å². The van der Waals surface area contributed by atoms with Crippen molar-refractivity contribution in [3.05, 3.63) is 65.0 Å². The summed E-state index contributed by atoms with van der Waals surface area (Å²) in [7, 11) is 6.23. The average Bonchev–Trinajstić information content (AvgIpc) is 3.94. The molecule has 12 atom stereocenters. The van der Waals surface area contributed by atoms with Gasteiger partial charge in [-0.2, -0.15) is 0 Å². The van der Waals surface area contributed by atoms with Gasteiger partial charge in [-0.1, -0.05) is 32.1 Å². The number of carbonyl (C=O) groups excluding carboxylic acids is 3. The molecular formula is C48H64N4O10S. The molecule has 342 valence electrons. The van der Waals surface area contributed by atoms with E-state index in [-0.39, 0.29) is 18.6 Å². The molecule has 9 rings (SSSR count). The predicted molar refractivity (Wildman–Crippen MR) is 237 cm³/mol. The molecule has 1 aromatic carbocycles. The van der Waals surface area contributed by atoms with Crippen molar-refractivity contribution in [2.45, 2.75) is 105 Å². The Hall–Kier alpha value is -3.70. The lowest BCUT2D eigenvalue weighted by molar-refractivity contribution is -0.243. The Morgan fingerprint density at radius 3 is 2.46 bits per heavy atom. The molecule has 7 aliphatic rings. The lowest BCUT2D eigenvalue weighted by Crippen LogP contribution is -2.79. The molecule has 4 N–H and O–H groups in total. The van der Waals surface area contributed by atoms with E-state index in [0.717, 1.165) is 38.3 Å². The first-order valence-corrected chi connectivity index (χ1v) is 23.7. The molecule has 63 heavy (non-hydrogen) atoms. The molecule has 3 saturated heterocycles. The van der Waals surface area contributed by atoms with Crippen LogP contribution in [0.15, 0.2) is 58.7 Å². The fourth-order valence-electron chi connectivity index (χ4n) is 14.2. The first-order valence-electron chi connectivity index (χ1n) is 22.7. The Balaban J connectivity index is 1.33. The number of likely N-dealkylation sites (N-methyl/N-ethyl adjacent to an activating group) is 1. The highest BCUT2D eigenvalue weighted by molar-refractivity contribution is 7.99. The Morgan fingerprint density at radius 2 is 1.78 bits per heavy atom. The SMILES string of the molecule is CC[C@]1(O)C[C@H]2CN(CCc3c([nH]c4ccc(SCCO)cc34)[C@@](C(=O)OC)(C3C=C4C(=CC3OC)N(C)[C@H]3[C@@](O)(C(=O)OC)[C@H](OC(C)=O)[C@]5(CC)C=CCN6CC[C@]43[C@@H]65)C2)C1. The van der Waals surface area contributed by atoms with Gasteiger partial charge in [0.15, 0.2) is 6.10 Å². The molecule has 5 aliphatic heterocycles. The number of aliphatic hydroxyl groups is 3. The van der Waals surface area contributed by atoms with Crippen LogP contribution < -0.4 is 0 Å². The van der Waals surface area contributed by atoms with Crippen molar-refractivity contribution in [3.63, 3.8) is 0 Å². The number of fused-ring (bicyclic) bond motifs is 6. The smallest absolute Gasteiger partial charge is 0.344 e. The third-order valence-corrected chi connectivity index (χ3v) is 17.4. The molecular weight excluding hydrogens is 825 g/mol. The Morgan fingerprint density at radius 1 is 1.00 bits per heavy atom. The second-order valence-electron chi connectivity index (χ2n) is 19.3. The van der Waals surface area contributed by atoms with E-state index in [0.29, 0.717) is 77.0 Å². The number of aromatic amines is 1. The fourth-order valence-corrected chi connectivity index (χ4v) is 14.9. The minimum absolute atomic E-state index is 0.0492. The molecule has 4 fully saturated rings. The number of piperidine rings is 1. The molecule has 15 heteroatoms. The second-order valence-corrected chi connectivity index (χ2v) is 20.5. The summed E-state index contributed by atoms with van der Waals surface area (Å²) in [4.78, 5) is 54.6. The highest BCUT2D eigenvalue weighted by Crippen LogP contribution is 2.70. The number of hydrogen-bond donors (Lipinski definition) is 4. The monoisotopic (exact) mass is 888 g/mol. The molecule has 3 unspecified atom stereocenters. The Bertz CT molecular complexity index is 2280. The summed E-state index contributed by atoms with van der Waals surface area (Å²) in [6.07, 6.45) is 9.51. The largest absolute Gasteiger partial charge is 0.468 e. The topological polar surface area (TPSA) is 174 Å². The zero-order valence-electron chi connectivity index (χ0n) is 37.6. The zero-order chi connectivity index (χ0) is 44.9. The van der Waals surface area contributed by atoms with E-state index in [2.05, 4.69) is 51.2 Å². The summed E-state index contributed by atoms with van der Waals surface area (Å²) < 4.78 is 24.2. The van der Waals surface area contributed by atoms with Crippen LogP contribution in [0.25, 0.3) is 10.9 Å². The fraction of sp³-hybridized carbons (Fsp3) is 0.646. The third-order valence-electron chi connectivity index (χ3n) is 16.4. The highest BCUT2D eigenvalue weighted by Gasteiger charge is 2.81. The van der Waals surface area contributed by atoms with E-state index < -0.39 is 69.5 Å². The van der Waals surface area contributed by atoms with Gasteiger partial charge in [-0.05, 0) is 86.4 Å². The molecule has 14 nitrogen and oxygen atoms in total. The molecule has 6 heterocycles. The average molecular weight is 889 g/mol. The van der Waals surface area contributed by atoms with Crippen LogP contribution in [-0.2, 0) is 45.2 Å². The number of aliphatic hydroxyl groups excluding tert-OH is 1. The first-order chi connectivity index (χ1) is 30.2. The molecule has 2 aliphatic carbocycles. The van der Waals surface area contributed by atoms with Crippen molar-refractivity contribution in [2.75, 3.05) is 73.5 Å². The number of methoxy groups -OCH3 is 3. The summed E-state index contributed by atoms with van der Waals surface area (Å²) >= 11 is 1.58. The van der Waals surface area contributed by atoms with Crippen molar-refractivity contribution in [3.8, 4) is 0 Å². The van der Waals surface area contributed by atoms with E-state index in [1.54, 1.807) is 18.9 Å². The van der Waals surface area contributed by atoms with Gasteiger partial charge in [0, 0.05) is 103 Å². The van der Waals surface area contributed by atoms with Gasteiger partial charge in [0.25, 0.3) is 0 Å². The highest BCUT2D eigenvalue weighted by atomic mass is 32.2. The van der Waals surface area contributed by atoms with Gasteiger partial charge in [0.2, 0.25) is 5.60 Å². The van der Waals surface area contributed by atoms with E-state index in [1.165, 1.54) is 21.1 Å². The van der Waals surface area contributed by atoms with Crippen molar-refractivity contribution in [1.29, 1.82) is 0 Å². The number of rotatable bonds is 10. The van der Waals surface area contributed by atoms with Crippen molar-refractivity contribution >= 4 is 40.6 Å². The van der Waals surface area contributed by atoms with Crippen LogP contribution in [0.2, 0.25) is 0 Å². The van der Waals surface area contributed by atoms with Crippen LogP contribution >= 0.6 is 11.8 Å². The normalized spacial score (nSPS) is 39.1. The standard InChI is InChI=1S/C48H64N4O10S/c1-8-44(57)24-29-25-47(42(55)60-6,38-31(13-17-51(26-29)27-44)32-21-30(63-20-19-53)11-12-35(32)49-38)34-22-33-36(23-37(34)59-5)50(4)40-46(33)15-18-52-16-10-14-45(9-2,39(46)52)41(62-28(3)54)48(40,58)43(56)61-7/h10-12,14,21-23,29,34,37,39-41,49,53,57-58H,8-9,13,15-20,24-27H2,1-7H3/t29-,34?,37?,39+,40-,41-,44+,45-,46-,47+,48+/m1/s1. The number of hydrogen-bond acceptors (Lipinski definition) is 14. The molecule has 2 aromatic rings. The van der Waals surface area contributed by atoms with Crippen molar-refractivity contribution in [1.82, 2.24) is 19.7 Å². The summed E-state index contributed by atoms with van der Waals surface area (Å²) in [6, 6.07) is 5.02. The number of thioether (sulfide) groups is 1. The number of ether oxygens (including phenoxy) is 4. The van der Waals surface area contributed by atoms with Gasteiger partial charge >= 0.3 is 17.9 Å². The lowest BCUT2D eigenvalue weighted by Gasteiger charge is -2.63. The van der Waals surface area contributed by atoms with Crippen molar-refractivity contribution in [2.24, 2.45) is 22.7 Å². The number of allylic oxidation sites excluding steroid dienone is 1. The number of nitrogens with one attached hydrogen (secondary N) is 1. The molecule has 0 radical (unpaired) electrons. The number of H-pyrrole nitrogens is 1. The molecule has 0 amide bonds. The summed E-state index contributed by atoms with van der Waals surface area (Å²) in [5.74, 6) is -2.10. The summed E-state index contributed by atoms with van der Waals surface area (Å²) in [5.41, 5.74) is -2.14. The number of carbonyl (C=O) groups is 3. The van der Waals surface area contributed by atoms with Gasteiger partial charge < -0.3 is 44.2 Å². The summed E-state index contributed by atoms with van der Waals surface area (Å²) in [6.45, 7) is 8.62. The molecule has 1 aromatic heterocycles. The number of benzene rings is 1. The van der Waals surface area contributed by atoms with E-state index >= 15 is 4.79 Å². The first kappa shape index (κ1) is 44.5. The zero-order valence-corrected chi connectivity index (χ0v) is 38.5. The number of likely N-dealkylation sites (tertiary alicyclic amines) is 1. The quantitative estimate of drug-likeness (QED) is 0.118. The number of esters is 3. The predicted octanol–water partition coefficient (Wildman–Crippen LogP) is 3.72.